The first-order valence-electron chi connectivity index (χ1n) is 15.9. The number of aliphatic hydroxyl groups is 1. The number of aryl methyl sites for hydroxylation is 2. The summed E-state index contributed by atoms with van der Waals surface area (Å²) in [6.07, 6.45) is 4.69. The number of aromatic nitrogens is 4. The zero-order chi connectivity index (χ0) is 31.3. The number of hydrogen-bond donors (Lipinski definition) is 2. The van der Waals surface area contributed by atoms with Crippen LogP contribution in [0.1, 0.15) is 78.5 Å². The lowest BCUT2D eigenvalue weighted by atomic mass is 9.73. The Morgan fingerprint density at radius 3 is 2.55 bits per heavy atom. The normalized spacial score (nSPS) is 19.8. The number of likely N-dealkylation sites (tertiary alicyclic amines) is 1. The molecule has 11 heteroatoms. The number of piperidine rings is 1. The Kier molecular flexibility index (Phi) is 8.82. The maximum Gasteiger partial charge on any atom is 0.251 e. The molecule has 6 rings (SSSR count). The molecule has 2 aliphatic rings. The molecule has 1 saturated carbocycles. The van der Waals surface area contributed by atoms with Crippen molar-refractivity contribution in [2.45, 2.75) is 78.6 Å². The van der Waals surface area contributed by atoms with Gasteiger partial charge in [0.1, 0.15) is 11.2 Å². The summed E-state index contributed by atoms with van der Waals surface area (Å²) in [7, 11) is 0. The molecule has 5 heterocycles. The third-order valence-corrected chi connectivity index (χ3v) is 11.4. The van der Waals surface area contributed by atoms with Gasteiger partial charge in [-0.25, -0.2) is 18.3 Å². The number of nitrogens with zero attached hydrogens (tertiary/aromatic N) is 5. The average molecular weight is 627 g/mol. The molecule has 4 aromatic heterocycles. The van der Waals surface area contributed by atoms with Crippen LogP contribution in [-0.4, -0.2) is 86.2 Å². The summed E-state index contributed by atoms with van der Waals surface area (Å²) in [5.41, 5.74) is 8.27. The molecule has 1 aliphatic heterocycles. The molecular weight excluding hydrogens is 582 g/mol. The van der Waals surface area contributed by atoms with Crippen LogP contribution in [0.2, 0.25) is 0 Å². The zero-order valence-corrected chi connectivity index (χ0v) is 27.2. The van der Waals surface area contributed by atoms with Crippen molar-refractivity contribution >= 4 is 33.1 Å². The molecule has 238 valence electrons. The highest BCUT2D eigenvalue weighted by atomic mass is 32.1. The van der Waals surface area contributed by atoms with Crippen molar-refractivity contribution in [3.63, 3.8) is 0 Å². The molecule has 1 aliphatic carbocycles. The summed E-state index contributed by atoms with van der Waals surface area (Å²) in [5.74, 6) is 1.23. The Balaban J connectivity index is 1.14. The van der Waals surface area contributed by atoms with E-state index in [4.69, 9.17) is 0 Å². The Hall–Kier alpha value is -2.89. The third kappa shape index (κ3) is 5.67. The number of alkyl halides is 2. The van der Waals surface area contributed by atoms with E-state index >= 15 is 0 Å². The molecule has 8 nitrogen and oxygen atoms in total. The first-order chi connectivity index (χ1) is 21.1. The van der Waals surface area contributed by atoms with Crippen LogP contribution in [0.3, 0.4) is 0 Å². The Morgan fingerprint density at radius 2 is 1.89 bits per heavy atom. The molecule has 0 aromatic carbocycles. The molecule has 0 bridgehead atoms. The van der Waals surface area contributed by atoms with E-state index in [0.29, 0.717) is 18.4 Å². The van der Waals surface area contributed by atoms with E-state index in [9.17, 15) is 18.7 Å². The van der Waals surface area contributed by atoms with Crippen LogP contribution in [0.25, 0.3) is 27.1 Å². The molecule has 0 atom stereocenters. The highest BCUT2D eigenvalue weighted by Gasteiger charge is 2.39. The molecule has 0 spiro atoms. The number of halogens is 2. The number of aliphatic hydroxyl groups excluding tert-OH is 1. The second-order valence-corrected chi connectivity index (χ2v) is 14.2. The molecular formula is C33H44F2N6O2S. The summed E-state index contributed by atoms with van der Waals surface area (Å²) in [4.78, 5) is 27.8. The van der Waals surface area contributed by atoms with Gasteiger partial charge in [0.2, 0.25) is 5.91 Å². The Labute approximate surface area is 261 Å². The summed E-state index contributed by atoms with van der Waals surface area (Å²) in [6, 6.07) is 0. The predicted octanol–water partition coefficient (Wildman–Crippen LogP) is 6.28. The van der Waals surface area contributed by atoms with Gasteiger partial charge in [0, 0.05) is 54.1 Å². The molecule has 1 amide bonds. The van der Waals surface area contributed by atoms with Gasteiger partial charge in [0.15, 0.2) is 5.65 Å². The van der Waals surface area contributed by atoms with Crippen LogP contribution in [0, 0.1) is 32.6 Å². The van der Waals surface area contributed by atoms with Crippen molar-refractivity contribution in [3.8, 4) is 11.3 Å². The molecule has 2 fully saturated rings. The first-order valence-corrected chi connectivity index (χ1v) is 16.7. The van der Waals surface area contributed by atoms with Crippen molar-refractivity contribution in [1.29, 1.82) is 0 Å². The second-order valence-electron chi connectivity index (χ2n) is 13.2. The molecule has 0 unspecified atom stereocenters. The lowest BCUT2D eigenvalue weighted by Gasteiger charge is -2.41. The maximum absolute atomic E-state index is 13.3. The van der Waals surface area contributed by atoms with Crippen LogP contribution < -0.4 is 0 Å². The van der Waals surface area contributed by atoms with E-state index in [2.05, 4.69) is 55.9 Å². The molecule has 2 N–H and O–H groups in total. The van der Waals surface area contributed by atoms with E-state index in [-0.39, 0.29) is 37.4 Å². The fraction of sp³-hybridized carbons (Fsp3) is 0.606. The average Bonchev–Trinajstić information content (AvgIpc) is 3.67. The van der Waals surface area contributed by atoms with E-state index in [1.165, 1.54) is 37.5 Å². The molecule has 1 saturated heterocycles. The maximum atomic E-state index is 13.3. The fourth-order valence-electron chi connectivity index (χ4n) is 7.55. The number of carbonyl (C=O) groups is 1. The zero-order valence-electron chi connectivity index (χ0n) is 26.4. The van der Waals surface area contributed by atoms with Gasteiger partial charge in [-0.15, -0.1) is 11.3 Å². The Morgan fingerprint density at radius 1 is 1.16 bits per heavy atom. The fourth-order valence-corrected chi connectivity index (χ4v) is 8.94. The quantitative estimate of drug-likeness (QED) is 0.216. The minimum absolute atomic E-state index is 0.00320. The smallest absolute Gasteiger partial charge is 0.251 e. The van der Waals surface area contributed by atoms with Gasteiger partial charge in [-0.2, -0.15) is 5.10 Å². The number of nitrogens with one attached hydrogen (secondary N) is 1. The number of amides is 1. The SMILES string of the molecule is Cc1c(-c2[nH]c3sc(C4CCN(C(=O)[C@H]5C[C@@H](CN(CCO)CC(F)F)C5)CC4)c(C)c3c2C(C)C)cn2ncnc2c1C. The Bertz CT molecular complexity index is 1640. The van der Waals surface area contributed by atoms with E-state index in [1.807, 2.05) is 20.8 Å². The number of fused-ring (bicyclic) bond motifs is 2. The number of thiophene rings is 1. The summed E-state index contributed by atoms with van der Waals surface area (Å²) in [6.45, 7) is 12.9. The van der Waals surface area contributed by atoms with E-state index < -0.39 is 6.43 Å². The topological polar surface area (TPSA) is 89.8 Å². The number of hydrogen-bond acceptors (Lipinski definition) is 6. The van der Waals surface area contributed by atoms with Crippen molar-refractivity contribution in [3.05, 3.63) is 39.7 Å². The molecule has 0 radical (unpaired) electrons. The van der Waals surface area contributed by atoms with Gasteiger partial charge in [-0.1, -0.05) is 13.8 Å². The summed E-state index contributed by atoms with van der Waals surface area (Å²) in [5, 5.41) is 15.0. The monoisotopic (exact) mass is 626 g/mol. The first kappa shape index (κ1) is 31.1. The standard InChI is InChI=1S/C33H44F2N6O2S/c1-18(2)27-28-21(5)30(44-32(28)38-29(27)25-15-41-31(36-17-37-41)20(4)19(25)3)23-6-8-40(9-7-23)33(43)24-12-22(13-24)14-39(10-11-42)16-26(34)35/h15,17-18,22-24,26,38,42H,6-14,16H2,1-5H3/t22-,24+. The third-order valence-electron chi connectivity index (χ3n) is 10.0. The van der Waals surface area contributed by atoms with Crippen LogP contribution in [0.4, 0.5) is 8.78 Å². The van der Waals surface area contributed by atoms with Gasteiger partial charge in [0.25, 0.3) is 6.43 Å². The largest absolute Gasteiger partial charge is 0.395 e. The lowest BCUT2D eigenvalue weighted by molar-refractivity contribution is -0.141. The summed E-state index contributed by atoms with van der Waals surface area (Å²) >= 11 is 1.87. The number of aromatic amines is 1. The minimum atomic E-state index is -2.41. The molecule has 4 aromatic rings. The van der Waals surface area contributed by atoms with Crippen LogP contribution in [-0.2, 0) is 4.79 Å². The van der Waals surface area contributed by atoms with Crippen LogP contribution in [0.5, 0.6) is 0 Å². The second kappa shape index (κ2) is 12.5. The highest BCUT2D eigenvalue weighted by molar-refractivity contribution is 7.19. The lowest BCUT2D eigenvalue weighted by Crippen LogP contribution is -2.47. The van der Waals surface area contributed by atoms with Crippen LogP contribution >= 0.6 is 11.3 Å². The van der Waals surface area contributed by atoms with E-state index in [1.54, 1.807) is 11.2 Å². The van der Waals surface area contributed by atoms with Gasteiger partial charge in [-0.3, -0.25) is 9.69 Å². The highest BCUT2D eigenvalue weighted by Crippen LogP contribution is 2.47. The van der Waals surface area contributed by atoms with Gasteiger partial charge < -0.3 is 15.0 Å². The summed E-state index contributed by atoms with van der Waals surface area (Å²) < 4.78 is 27.6. The van der Waals surface area contributed by atoms with Crippen molar-refractivity contribution in [2.24, 2.45) is 11.8 Å². The van der Waals surface area contributed by atoms with Crippen molar-refractivity contribution < 1.29 is 18.7 Å². The number of pyridine rings is 1. The van der Waals surface area contributed by atoms with Gasteiger partial charge in [0.05, 0.1) is 18.8 Å². The predicted molar refractivity (Wildman–Crippen MR) is 171 cm³/mol. The van der Waals surface area contributed by atoms with Crippen molar-refractivity contribution in [2.75, 3.05) is 39.3 Å². The van der Waals surface area contributed by atoms with Gasteiger partial charge in [-0.05, 0) is 86.5 Å². The number of rotatable bonds is 10. The number of H-pyrrole nitrogens is 1. The van der Waals surface area contributed by atoms with Gasteiger partial charge >= 0.3 is 0 Å². The number of carbonyl (C=O) groups excluding carboxylic acids is 1. The molecule has 44 heavy (non-hydrogen) atoms. The minimum Gasteiger partial charge on any atom is -0.395 e. The van der Waals surface area contributed by atoms with E-state index in [0.717, 1.165) is 55.5 Å². The van der Waals surface area contributed by atoms with Crippen molar-refractivity contribution in [1.82, 2.24) is 29.4 Å². The van der Waals surface area contributed by atoms with Crippen LogP contribution in [0.15, 0.2) is 12.5 Å².